The molecule has 2 aromatic carbocycles. The van der Waals surface area contributed by atoms with Crippen LogP contribution in [0.1, 0.15) is 61.2 Å². The summed E-state index contributed by atoms with van der Waals surface area (Å²) in [7, 11) is 0. The maximum atomic E-state index is 12.8. The Balaban J connectivity index is 1.74. The molecule has 196 valence electrons. The number of amides is 1. The molecule has 2 N–H and O–H groups in total. The first-order chi connectivity index (χ1) is 17.3. The normalized spacial score (nSPS) is 12.6. The smallest absolute Gasteiger partial charge is 0.416 e. The van der Waals surface area contributed by atoms with E-state index in [2.05, 4.69) is 31.1 Å². The van der Waals surface area contributed by atoms with Crippen LogP contribution < -0.4 is 10.1 Å². The molecule has 1 unspecified atom stereocenters. The van der Waals surface area contributed by atoms with Crippen LogP contribution in [-0.4, -0.2) is 28.5 Å². The number of pyridine rings is 1. The predicted octanol–water partition coefficient (Wildman–Crippen LogP) is 6.53. The number of carboxylic acids is 1. The number of nitrogens with one attached hydrogen (secondary N) is 1. The number of hydrogen-bond donors (Lipinski definition) is 2. The number of carbonyl (C=O) groups is 2. The number of halogens is 3. The molecule has 0 bridgehead atoms. The van der Waals surface area contributed by atoms with Crippen LogP contribution in [0.3, 0.4) is 0 Å². The van der Waals surface area contributed by atoms with Gasteiger partial charge in [0, 0.05) is 29.4 Å². The SMILES string of the molecule is CC(C)(C)CC(Oc1ccc(C(=O)NCCC(=O)O)cc1)c1ccc(-c2ccc(C(F)(F)F)cc2)nc1. The standard InChI is InChI=1S/C28H29F3N2O4/c1-27(2,3)16-24(37-22-11-6-19(7-12-22)26(36)32-15-14-25(34)35)20-8-13-23(33-17-20)18-4-9-21(10-5-18)28(29,30)31/h4-13,17,24H,14-16H2,1-3H3,(H,32,36)(H,34,35). The van der Waals surface area contributed by atoms with Crippen molar-refractivity contribution in [2.45, 2.75) is 45.9 Å². The molecule has 0 spiro atoms. The lowest BCUT2D eigenvalue weighted by Crippen LogP contribution is -2.25. The Bertz CT molecular complexity index is 1200. The molecule has 9 heteroatoms. The van der Waals surface area contributed by atoms with Gasteiger partial charge >= 0.3 is 12.1 Å². The van der Waals surface area contributed by atoms with E-state index in [4.69, 9.17) is 9.84 Å². The molecule has 1 atom stereocenters. The number of alkyl halides is 3. The molecule has 0 aliphatic carbocycles. The van der Waals surface area contributed by atoms with Crippen molar-refractivity contribution in [1.82, 2.24) is 10.3 Å². The summed E-state index contributed by atoms with van der Waals surface area (Å²) < 4.78 is 44.8. The zero-order chi connectivity index (χ0) is 27.2. The monoisotopic (exact) mass is 514 g/mol. The average molecular weight is 515 g/mol. The molecular formula is C28H29F3N2O4. The van der Waals surface area contributed by atoms with Crippen LogP contribution in [0, 0.1) is 5.41 Å². The van der Waals surface area contributed by atoms with Gasteiger partial charge in [0.05, 0.1) is 17.7 Å². The van der Waals surface area contributed by atoms with Crippen molar-refractivity contribution in [2.24, 2.45) is 5.41 Å². The Morgan fingerprint density at radius 3 is 2.14 bits per heavy atom. The van der Waals surface area contributed by atoms with Gasteiger partial charge in [-0.3, -0.25) is 14.6 Å². The molecule has 3 aromatic rings. The van der Waals surface area contributed by atoms with E-state index >= 15 is 0 Å². The zero-order valence-corrected chi connectivity index (χ0v) is 20.8. The molecule has 0 aliphatic rings. The van der Waals surface area contributed by atoms with Crippen LogP contribution in [0.4, 0.5) is 13.2 Å². The molecule has 1 amide bonds. The number of aliphatic carboxylic acids is 1. The number of hydrogen-bond acceptors (Lipinski definition) is 4. The quantitative estimate of drug-likeness (QED) is 0.339. The van der Waals surface area contributed by atoms with Gasteiger partial charge < -0.3 is 15.2 Å². The molecular weight excluding hydrogens is 485 g/mol. The number of carbonyl (C=O) groups excluding carboxylic acids is 1. The summed E-state index contributed by atoms with van der Waals surface area (Å²) in [5.41, 5.74) is 1.51. The maximum absolute atomic E-state index is 12.8. The lowest BCUT2D eigenvalue weighted by atomic mass is 9.87. The summed E-state index contributed by atoms with van der Waals surface area (Å²) in [5, 5.41) is 11.2. The van der Waals surface area contributed by atoms with Crippen molar-refractivity contribution in [2.75, 3.05) is 6.54 Å². The van der Waals surface area contributed by atoms with Crippen molar-refractivity contribution >= 4 is 11.9 Å². The molecule has 37 heavy (non-hydrogen) atoms. The molecule has 1 heterocycles. The summed E-state index contributed by atoms with van der Waals surface area (Å²) in [4.78, 5) is 27.2. The lowest BCUT2D eigenvalue weighted by molar-refractivity contribution is -0.138. The van der Waals surface area contributed by atoms with Crippen LogP contribution >= 0.6 is 0 Å². The summed E-state index contributed by atoms with van der Waals surface area (Å²) in [6.07, 6.45) is -2.59. The second-order valence-corrected chi connectivity index (χ2v) is 9.85. The minimum absolute atomic E-state index is 0.0372. The highest BCUT2D eigenvalue weighted by Crippen LogP contribution is 2.34. The van der Waals surface area contributed by atoms with E-state index in [9.17, 15) is 22.8 Å². The molecule has 0 aliphatic heterocycles. The van der Waals surface area contributed by atoms with E-state index in [0.29, 0.717) is 29.0 Å². The fourth-order valence-corrected chi connectivity index (χ4v) is 3.61. The fraction of sp³-hybridized carbons (Fsp3) is 0.321. The second kappa shape index (κ2) is 11.5. The van der Waals surface area contributed by atoms with Crippen molar-refractivity contribution < 1.29 is 32.6 Å². The van der Waals surface area contributed by atoms with Gasteiger partial charge in [-0.1, -0.05) is 39.0 Å². The van der Waals surface area contributed by atoms with Gasteiger partial charge in [-0.15, -0.1) is 0 Å². The summed E-state index contributed by atoms with van der Waals surface area (Å²) in [5.74, 6) is -0.818. The molecule has 0 radical (unpaired) electrons. The summed E-state index contributed by atoms with van der Waals surface area (Å²) in [6.45, 7) is 6.28. The van der Waals surface area contributed by atoms with Crippen LogP contribution in [0.15, 0.2) is 66.9 Å². The molecule has 0 fully saturated rings. The Labute approximate surface area is 213 Å². The van der Waals surface area contributed by atoms with Gasteiger partial charge in [0.2, 0.25) is 0 Å². The largest absolute Gasteiger partial charge is 0.486 e. The van der Waals surface area contributed by atoms with Crippen molar-refractivity contribution in [3.05, 3.63) is 83.6 Å². The zero-order valence-electron chi connectivity index (χ0n) is 20.8. The predicted molar refractivity (Wildman–Crippen MR) is 133 cm³/mol. The minimum atomic E-state index is -4.39. The van der Waals surface area contributed by atoms with E-state index in [1.165, 1.54) is 12.1 Å². The minimum Gasteiger partial charge on any atom is -0.486 e. The van der Waals surface area contributed by atoms with Crippen LogP contribution in [0.5, 0.6) is 5.75 Å². The second-order valence-electron chi connectivity index (χ2n) is 9.85. The van der Waals surface area contributed by atoms with Gasteiger partial charge in [0.25, 0.3) is 5.91 Å². The first-order valence-electron chi connectivity index (χ1n) is 11.7. The number of aromatic nitrogens is 1. The Hall–Kier alpha value is -3.88. The lowest BCUT2D eigenvalue weighted by Gasteiger charge is -2.27. The number of ether oxygens (including phenoxy) is 1. The van der Waals surface area contributed by atoms with Crippen molar-refractivity contribution in [3.63, 3.8) is 0 Å². The first kappa shape index (κ1) is 27.7. The van der Waals surface area contributed by atoms with Gasteiger partial charge in [-0.05, 0) is 54.3 Å². The number of benzene rings is 2. The van der Waals surface area contributed by atoms with E-state index in [-0.39, 0.29) is 30.4 Å². The maximum Gasteiger partial charge on any atom is 0.416 e. The summed E-state index contributed by atoms with van der Waals surface area (Å²) >= 11 is 0. The topological polar surface area (TPSA) is 88.5 Å². The Morgan fingerprint density at radius 2 is 1.62 bits per heavy atom. The third kappa shape index (κ3) is 8.34. The third-order valence-electron chi connectivity index (χ3n) is 5.48. The third-order valence-corrected chi connectivity index (χ3v) is 5.48. The number of carboxylic acid groups (broad SMARTS) is 1. The van der Waals surface area contributed by atoms with Gasteiger partial charge in [0.15, 0.2) is 0 Å². The highest BCUT2D eigenvalue weighted by Gasteiger charge is 2.30. The molecule has 0 saturated carbocycles. The van der Waals surface area contributed by atoms with Gasteiger partial charge in [-0.2, -0.15) is 13.2 Å². The van der Waals surface area contributed by atoms with E-state index < -0.39 is 17.7 Å². The number of nitrogens with zero attached hydrogens (tertiary/aromatic N) is 1. The van der Waals surface area contributed by atoms with Crippen LogP contribution in [-0.2, 0) is 11.0 Å². The Morgan fingerprint density at radius 1 is 0.973 bits per heavy atom. The first-order valence-corrected chi connectivity index (χ1v) is 11.7. The van der Waals surface area contributed by atoms with Gasteiger partial charge in [-0.25, -0.2) is 0 Å². The van der Waals surface area contributed by atoms with Crippen molar-refractivity contribution in [1.29, 1.82) is 0 Å². The molecule has 3 rings (SSSR count). The molecule has 0 saturated heterocycles. The molecule has 1 aromatic heterocycles. The Kier molecular flexibility index (Phi) is 8.57. The van der Waals surface area contributed by atoms with Crippen molar-refractivity contribution in [3.8, 4) is 17.0 Å². The average Bonchev–Trinajstić information content (AvgIpc) is 2.82. The van der Waals surface area contributed by atoms with Crippen LogP contribution in [0.25, 0.3) is 11.3 Å². The highest BCUT2D eigenvalue weighted by molar-refractivity contribution is 5.94. The number of rotatable bonds is 9. The highest BCUT2D eigenvalue weighted by atomic mass is 19.4. The van der Waals surface area contributed by atoms with Crippen LogP contribution in [0.2, 0.25) is 0 Å². The van der Waals surface area contributed by atoms with E-state index in [1.54, 1.807) is 36.5 Å². The fourth-order valence-electron chi connectivity index (χ4n) is 3.61. The van der Waals surface area contributed by atoms with E-state index in [0.717, 1.165) is 17.7 Å². The van der Waals surface area contributed by atoms with E-state index in [1.807, 2.05) is 6.07 Å². The summed E-state index contributed by atoms with van der Waals surface area (Å²) in [6, 6.07) is 15.0. The molecule has 6 nitrogen and oxygen atoms in total. The van der Waals surface area contributed by atoms with Gasteiger partial charge in [0.1, 0.15) is 11.9 Å².